The summed E-state index contributed by atoms with van der Waals surface area (Å²) in [7, 11) is 0. The van der Waals surface area contributed by atoms with Crippen molar-refractivity contribution in [3.63, 3.8) is 0 Å². The Labute approximate surface area is 191 Å². The third-order valence-electron chi connectivity index (χ3n) is 4.82. The number of hydrogen-bond acceptors (Lipinski definition) is 6. The van der Waals surface area contributed by atoms with Crippen LogP contribution in [-0.2, 0) is 15.9 Å². The Morgan fingerprint density at radius 2 is 1.06 bits per heavy atom. The monoisotopic (exact) mass is 445 g/mol. The van der Waals surface area contributed by atoms with Gasteiger partial charge in [0.15, 0.2) is 24.8 Å². The number of amides is 2. The number of anilines is 1. The maximum atomic E-state index is 12.9. The van der Waals surface area contributed by atoms with Gasteiger partial charge in [-0.1, -0.05) is 85.8 Å². The molecule has 0 saturated carbocycles. The largest absolute Gasteiger partial charge is 0.440 e. The van der Waals surface area contributed by atoms with Gasteiger partial charge >= 0.3 is 12.2 Å². The van der Waals surface area contributed by atoms with Crippen LogP contribution in [-0.4, -0.2) is 37.0 Å². The van der Waals surface area contributed by atoms with Crippen LogP contribution in [0.25, 0.3) is 0 Å². The molecule has 3 aromatic rings. The molecule has 0 saturated heterocycles. The first-order chi connectivity index (χ1) is 16.0. The molecule has 7 nitrogen and oxygen atoms in total. The van der Waals surface area contributed by atoms with Gasteiger partial charge in [0, 0.05) is 11.1 Å². The number of para-hydroxylation sites is 1. The number of benzene rings is 3. The van der Waals surface area contributed by atoms with Crippen LogP contribution in [0.3, 0.4) is 0 Å². The molecular formula is C26H23NO6. The van der Waals surface area contributed by atoms with Crippen LogP contribution in [0, 0.1) is 0 Å². The molecule has 0 aliphatic rings. The summed E-state index contributed by atoms with van der Waals surface area (Å²) in [4.78, 5) is 51.1. The zero-order valence-corrected chi connectivity index (χ0v) is 18.1. The van der Waals surface area contributed by atoms with Crippen LogP contribution in [0.15, 0.2) is 84.9 Å². The first-order valence-electron chi connectivity index (χ1n) is 10.4. The van der Waals surface area contributed by atoms with Gasteiger partial charge in [-0.3, -0.25) is 9.59 Å². The summed E-state index contributed by atoms with van der Waals surface area (Å²) in [5, 5.41) is 0. The number of ether oxygens (including phenoxy) is 2. The van der Waals surface area contributed by atoms with Gasteiger partial charge in [-0.2, -0.15) is 4.90 Å². The van der Waals surface area contributed by atoms with E-state index in [0.717, 1.165) is 0 Å². The minimum absolute atomic E-state index is 0.259. The van der Waals surface area contributed by atoms with E-state index < -0.39 is 37.0 Å². The van der Waals surface area contributed by atoms with Gasteiger partial charge in [0.1, 0.15) is 0 Å². The number of imide groups is 1. The molecule has 0 heterocycles. The molecule has 0 unspecified atom stereocenters. The Kier molecular flexibility index (Phi) is 8.07. The first kappa shape index (κ1) is 23.4. The van der Waals surface area contributed by atoms with Crippen LogP contribution in [0.4, 0.5) is 15.3 Å². The Hall–Kier alpha value is -4.26. The fourth-order valence-corrected chi connectivity index (χ4v) is 3.10. The van der Waals surface area contributed by atoms with Crippen molar-refractivity contribution in [3.8, 4) is 0 Å². The van der Waals surface area contributed by atoms with E-state index >= 15 is 0 Å². The van der Waals surface area contributed by atoms with Gasteiger partial charge in [0.25, 0.3) is 0 Å². The van der Waals surface area contributed by atoms with Crippen LogP contribution in [0.5, 0.6) is 0 Å². The van der Waals surface area contributed by atoms with Gasteiger partial charge < -0.3 is 9.47 Å². The van der Waals surface area contributed by atoms with Crippen molar-refractivity contribution in [2.45, 2.75) is 13.3 Å². The zero-order chi connectivity index (χ0) is 23.6. The molecule has 0 aliphatic heterocycles. The number of Topliss-reactive ketones (excluding diaryl/α,β-unsaturated/α-hetero) is 2. The van der Waals surface area contributed by atoms with Gasteiger partial charge in [-0.25, -0.2) is 9.59 Å². The van der Waals surface area contributed by atoms with E-state index in [1.165, 1.54) is 0 Å². The summed E-state index contributed by atoms with van der Waals surface area (Å²) < 4.78 is 10.3. The summed E-state index contributed by atoms with van der Waals surface area (Å²) in [6, 6.07) is 23.5. The number of nitrogens with zero attached hydrogens (tertiary/aromatic N) is 1. The van der Waals surface area contributed by atoms with Gasteiger partial charge in [-0.15, -0.1) is 0 Å². The molecule has 2 amide bonds. The van der Waals surface area contributed by atoms with E-state index in [9.17, 15) is 19.2 Å². The summed E-state index contributed by atoms with van der Waals surface area (Å²) >= 11 is 0. The summed E-state index contributed by atoms with van der Waals surface area (Å²) in [5.41, 5.74) is 1.70. The lowest BCUT2D eigenvalue weighted by molar-refractivity contribution is 0.0823. The first-order valence-corrected chi connectivity index (χ1v) is 10.4. The minimum Gasteiger partial charge on any atom is -0.440 e. The summed E-state index contributed by atoms with van der Waals surface area (Å²) in [5.74, 6) is -0.833. The van der Waals surface area contributed by atoms with E-state index in [1.54, 1.807) is 84.9 Å². The molecule has 0 atom stereocenters. The second-order valence-corrected chi connectivity index (χ2v) is 7.01. The average molecular weight is 445 g/mol. The lowest BCUT2D eigenvalue weighted by atomic mass is 10.1. The van der Waals surface area contributed by atoms with Gasteiger partial charge in [0.05, 0.1) is 5.69 Å². The third kappa shape index (κ3) is 6.13. The molecule has 3 aromatic carbocycles. The number of ketones is 2. The molecule has 0 aromatic heterocycles. The highest BCUT2D eigenvalue weighted by atomic mass is 16.6. The van der Waals surface area contributed by atoms with Crippen molar-refractivity contribution < 1.29 is 28.7 Å². The second-order valence-electron chi connectivity index (χ2n) is 7.01. The van der Waals surface area contributed by atoms with E-state index in [2.05, 4.69) is 0 Å². The van der Waals surface area contributed by atoms with Crippen molar-refractivity contribution in [2.24, 2.45) is 0 Å². The third-order valence-corrected chi connectivity index (χ3v) is 4.82. The lowest BCUT2D eigenvalue weighted by Crippen LogP contribution is -2.40. The Balaban J connectivity index is 1.75. The quantitative estimate of drug-likeness (QED) is 0.449. The van der Waals surface area contributed by atoms with E-state index in [-0.39, 0.29) is 5.69 Å². The highest BCUT2D eigenvalue weighted by Gasteiger charge is 2.29. The molecular weight excluding hydrogens is 422 g/mol. The summed E-state index contributed by atoms with van der Waals surface area (Å²) in [6.07, 6.45) is -1.62. The Morgan fingerprint density at radius 3 is 1.52 bits per heavy atom. The Bertz CT molecular complexity index is 1060. The highest BCUT2D eigenvalue weighted by molar-refractivity contribution is 6.11. The molecule has 0 fully saturated rings. The molecule has 7 heteroatoms. The predicted molar refractivity (Wildman–Crippen MR) is 123 cm³/mol. The van der Waals surface area contributed by atoms with Crippen molar-refractivity contribution in [1.82, 2.24) is 0 Å². The SMILES string of the molecule is CCc1ccccc1N(C(=O)OCC(=O)c1ccccc1)C(=O)OCC(=O)c1ccccc1. The normalized spacial score (nSPS) is 10.2. The molecule has 168 valence electrons. The number of hydrogen-bond donors (Lipinski definition) is 0. The van der Waals surface area contributed by atoms with E-state index in [0.29, 0.717) is 28.0 Å². The number of carbonyl (C=O) groups is 4. The number of aryl methyl sites for hydroxylation is 1. The molecule has 3 rings (SSSR count). The molecule has 0 spiro atoms. The molecule has 0 aliphatic carbocycles. The molecule has 0 N–H and O–H groups in total. The topological polar surface area (TPSA) is 90.0 Å². The van der Waals surface area contributed by atoms with E-state index in [4.69, 9.17) is 9.47 Å². The highest BCUT2D eigenvalue weighted by Crippen LogP contribution is 2.23. The second kappa shape index (κ2) is 11.4. The van der Waals surface area contributed by atoms with Crippen molar-refractivity contribution in [1.29, 1.82) is 0 Å². The van der Waals surface area contributed by atoms with Crippen molar-refractivity contribution >= 4 is 29.4 Å². The number of rotatable bonds is 8. The van der Waals surface area contributed by atoms with Crippen LogP contribution in [0.2, 0.25) is 0 Å². The van der Waals surface area contributed by atoms with Crippen molar-refractivity contribution in [2.75, 3.05) is 18.1 Å². The zero-order valence-electron chi connectivity index (χ0n) is 18.1. The Morgan fingerprint density at radius 1 is 0.636 bits per heavy atom. The van der Waals surface area contributed by atoms with Gasteiger partial charge in [0.2, 0.25) is 0 Å². The molecule has 0 radical (unpaired) electrons. The minimum atomic E-state index is -1.07. The molecule has 0 bridgehead atoms. The fourth-order valence-electron chi connectivity index (χ4n) is 3.10. The van der Waals surface area contributed by atoms with Crippen LogP contribution < -0.4 is 4.90 Å². The summed E-state index contributed by atoms with van der Waals surface area (Å²) in [6.45, 7) is 0.763. The number of carbonyl (C=O) groups excluding carboxylic acids is 4. The maximum absolute atomic E-state index is 12.9. The molecule has 33 heavy (non-hydrogen) atoms. The fraction of sp³-hybridized carbons (Fsp3) is 0.154. The lowest BCUT2D eigenvalue weighted by Gasteiger charge is -2.22. The average Bonchev–Trinajstić information content (AvgIpc) is 2.87. The standard InChI is InChI=1S/C26H23NO6/c1-2-19-11-9-10-16-22(19)27(25(30)32-17-23(28)20-12-5-3-6-13-20)26(31)33-18-24(29)21-14-7-4-8-15-21/h3-16H,2,17-18H2,1H3. The van der Waals surface area contributed by atoms with Crippen LogP contribution in [0.1, 0.15) is 33.2 Å². The maximum Gasteiger partial charge on any atom is 0.424 e. The van der Waals surface area contributed by atoms with Crippen molar-refractivity contribution in [3.05, 3.63) is 102 Å². The van der Waals surface area contributed by atoms with E-state index in [1.807, 2.05) is 6.92 Å². The smallest absolute Gasteiger partial charge is 0.424 e. The van der Waals surface area contributed by atoms with Gasteiger partial charge in [-0.05, 0) is 18.1 Å². The van der Waals surface area contributed by atoms with Crippen LogP contribution >= 0.6 is 0 Å². The predicted octanol–water partition coefficient (Wildman–Crippen LogP) is 5.09.